The predicted molar refractivity (Wildman–Crippen MR) is 251 cm³/mol. The minimum Gasteiger partial charge on any atom is -0.462 e. The Labute approximate surface area is 359 Å². The molecule has 0 aromatic carbocycles. The monoisotopic (exact) mass is 809 g/mol. The van der Waals surface area contributed by atoms with Crippen molar-refractivity contribution in [2.75, 3.05) is 19.8 Å². The van der Waals surface area contributed by atoms with Crippen LogP contribution in [0.5, 0.6) is 0 Å². The molecular weight excluding hydrogens is 717 g/mol. The third kappa shape index (κ3) is 46.0. The first-order valence-electron chi connectivity index (χ1n) is 24.5. The zero-order valence-corrected chi connectivity index (χ0v) is 38.3. The zero-order valence-electron chi connectivity index (χ0n) is 38.3. The minimum atomic E-state index is -0.562. The van der Waals surface area contributed by atoms with Crippen molar-refractivity contribution in [2.24, 2.45) is 0 Å². The third-order valence-corrected chi connectivity index (χ3v) is 10.3. The van der Waals surface area contributed by atoms with Crippen molar-refractivity contribution in [3.63, 3.8) is 0 Å². The van der Waals surface area contributed by atoms with Gasteiger partial charge in [0, 0.05) is 19.4 Å². The Morgan fingerprint density at radius 3 is 1.17 bits per heavy atom. The van der Waals surface area contributed by atoms with Crippen LogP contribution in [-0.2, 0) is 23.8 Å². The van der Waals surface area contributed by atoms with Gasteiger partial charge in [-0.2, -0.15) is 0 Å². The quantitative estimate of drug-likeness (QED) is 0.0348. The molecule has 0 aromatic rings. The average molecular weight is 809 g/mol. The standard InChI is InChI=1S/C53H92O5/c1-4-7-10-13-15-17-19-21-23-25-26-27-29-31-33-35-37-39-42-45-48-56-49-51(58-53(55)47-44-40-12-9-6-3)50-57-52(54)46-43-41-38-36-34-32-30-28-24-22-20-18-16-14-11-8-5-2/h7,10,15,17,21,23,26-27,31,33,37,39,51H,4-6,8-9,11-14,16,18-20,22,24-25,28-30,32,34-36,38,40-50H2,1-3H3/b10-7-,17-15-,23-21-,27-26-,33-31-,39-37-. The zero-order chi connectivity index (χ0) is 42.1. The second-order valence-electron chi connectivity index (χ2n) is 16.0. The normalized spacial score (nSPS) is 12.8. The van der Waals surface area contributed by atoms with Crippen LogP contribution in [0.1, 0.15) is 226 Å². The Bertz CT molecular complexity index is 1050. The molecule has 0 aliphatic rings. The van der Waals surface area contributed by atoms with Crippen LogP contribution >= 0.6 is 0 Å². The van der Waals surface area contributed by atoms with Crippen molar-refractivity contribution < 1.29 is 23.8 Å². The van der Waals surface area contributed by atoms with Gasteiger partial charge in [0.05, 0.1) is 6.61 Å². The predicted octanol–water partition coefficient (Wildman–Crippen LogP) is 16.3. The van der Waals surface area contributed by atoms with Gasteiger partial charge in [-0.25, -0.2) is 0 Å². The van der Waals surface area contributed by atoms with Crippen LogP contribution in [0, 0.1) is 0 Å². The van der Waals surface area contributed by atoms with E-state index in [1.54, 1.807) is 0 Å². The van der Waals surface area contributed by atoms with Gasteiger partial charge in [-0.15, -0.1) is 0 Å². The fourth-order valence-electron chi connectivity index (χ4n) is 6.64. The van der Waals surface area contributed by atoms with Crippen LogP contribution in [0.15, 0.2) is 72.9 Å². The molecule has 5 nitrogen and oxygen atoms in total. The summed E-state index contributed by atoms with van der Waals surface area (Å²) in [5, 5.41) is 0. The van der Waals surface area contributed by atoms with Crippen molar-refractivity contribution in [3.05, 3.63) is 72.9 Å². The fourth-order valence-corrected chi connectivity index (χ4v) is 6.64. The molecule has 1 unspecified atom stereocenters. The Hall–Kier alpha value is -2.66. The molecule has 1 atom stereocenters. The summed E-state index contributed by atoms with van der Waals surface area (Å²) in [6.07, 6.45) is 62.4. The molecule has 0 aromatic heterocycles. The van der Waals surface area contributed by atoms with Crippen LogP contribution in [-0.4, -0.2) is 37.9 Å². The number of allylic oxidation sites excluding steroid dienone is 12. The van der Waals surface area contributed by atoms with Gasteiger partial charge < -0.3 is 14.2 Å². The van der Waals surface area contributed by atoms with Gasteiger partial charge in [-0.05, 0) is 64.2 Å². The molecule has 0 radical (unpaired) electrons. The maximum absolute atomic E-state index is 12.6. The maximum atomic E-state index is 12.6. The summed E-state index contributed by atoms with van der Waals surface area (Å²) in [5.41, 5.74) is 0. The summed E-state index contributed by atoms with van der Waals surface area (Å²) < 4.78 is 17.2. The highest BCUT2D eigenvalue weighted by molar-refractivity contribution is 5.70. The second-order valence-corrected chi connectivity index (χ2v) is 16.0. The third-order valence-electron chi connectivity index (χ3n) is 10.3. The van der Waals surface area contributed by atoms with E-state index in [2.05, 4.69) is 93.7 Å². The Morgan fingerprint density at radius 1 is 0.397 bits per heavy atom. The molecule has 58 heavy (non-hydrogen) atoms. The lowest BCUT2D eigenvalue weighted by Crippen LogP contribution is -2.30. The first-order valence-corrected chi connectivity index (χ1v) is 24.5. The van der Waals surface area contributed by atoms with E-state index >= 15 is 0 Å². The number of hydrogen-bond donors (Lipinski definition) is 0. The van der Waals surface area contributed by atoms with Gasteiger partial charge in [-0.3, -0.25) is 9.59 Å². The van der Waals surface area contributed by atoms with Crippen molar-refractivity contribution in [3.8, 4) is 0 Å². The van der Waals surface area contributed by atoms with Crippen molar-refractivity contribution in [1.29, 1.82) is 0 Å². The van der Waals surface area contributed by atoms with Crippen LogP contribution in [0.4, 0.5) is 0 Å². The number of carbonyl (C=O) groups excluding carboxylic acids is 2. The van der Waals surface area contributed by atoms with E-state index in [1.165, 1.54) is 109 Å². The van der Waals surface area contributed by atoms with E-state index in [9.17, 15) is 9.59 Å². The molecule has 0 N–H and O–H groups in total. The second kappa shape index (κ2) is 48.7. The number of rotatable bonds is 44. The molecule has 0 amide bonds. The van der Waals surface area contributed by atoms with Gasteiger partial charge in [0.2, 0.25) is 0 Å². The van der Waals surface area contributed by atoms with Gasteiger partial charge >= 0.3 is 11.9 Å². The number of carbonyl (C=O) groups is 2. The average Bonchev–Trinajstić information content (AvgIpc) is 3.22. The molecule has 5 heteroatoms. The number of unbranched alkanes of at least 4 members (excludes halogenated alkanes) is 21. The fraction of sp³-hybridized carbons (Fsp3) is 0.736. The summed E-state index contributed by atoms with van der Waals surface area (Å²) in [6, 6.07) is 0. The van der Waals surface area contributed by atoms with Gasteiger partial charge in [-0.1, -0.05) is 222 Å². The summed E-state index contributed by atoms with van der Waals surface area (Å²) >= 11 is 0. The van der Waals surface area contributed by atoms with Crippen molar-refractivity contribution in [2.45, 2.75) is 232 Å². The molecule has 0 fully saturated rings. The molecular formula is C53H92O5. The van der Waals surface area contributed by atoms with Gasteiger partial charge in [0.15, 0.2) is 6.10 Å². The van der Waals surface area contributed by atoms with E-state index in [1.807, 2.05) is 0 Å². The Balaban J connectivity index is 4.13. The summed E-state index contributed by atoms with van der Waals surface area (Å²) in [5.74, 6) is -0.438. The lowest BCUT2D eigenvalue weighted by molar-refractivity contribution is -0.163. The number of ether oxygens (including phenoxy) is 3. The maximum Gasteiger partial charge on any atom is 0.306 e. The lowest BCUT2D eigenvalue weighted by atomic mass is 10.0. The van der Waals surface area contributed by atoms with E-state index in [0.29, 0.717) is 19.4 Å². The minimum absolute atomic E-state index is 0.0620. The summed E-state index contributed by atoms with van der Waals surface area (Å²) in [4.78, 5) is 25.1. The summed E-state index contributed by atoms with van der Waals surface area (Å²) in [7, 11) is 0. The first-order chi connectivity index (χ1) is 28.6. The number of hydrogen-bond acceptors (Lipinski definition) is 5. The largest absolute Gasteiger partial charge is 0.462 e. The van der Waals surface area contributed by atoms with Gasteiger partial charge in [0.1, 0.15) is 6.61 Å². The van der Waals surface area contributed by atoms with Crippen molar-refractivity contribution in [1.82, 2.24) is 0 Å². The highest BCUT2D eigenvalue weighted by atomic mass is 16.6. The highest BCUT2D eigenvalue weighted by Crippen LogP contribution is 2.15. The lowest BCUT2D eigenvalue weighted by Gasteiger charge is -2.18. The van der Waals surface area contributed by atoms with Gasteiger partial charge in [0.25, 0.3) is 0 Å². The SMILES string of the molecule is CC/C=C\C/C=C\C/C=C\C/C=C\C/C=C\C/C=C\CCCOCC(COC(=O)CCCCCCCCCCCCCCCCCCC)OC(=O)CCCCCCC. The van der Waals surface area contributed by atoms with E-state index < -0.39 is 6.10 Å². The van der Waals surface area contributed by atoms with Crippen LogP contribution in [0.3, 0.4) is 0 Å². The molecule has 334 valence electrons. The Morgan fingerprint density at radius 2 is 0.759 bits per heavy atom. The Kier molecular flexibility index (Phi) is 46.5. The molecule has 0 bridgehead atoms. The highest BCUT2D eigenvalue weighted by Gasteiger charge is 2.17. The molecule has 0 aliphatic heterocycles. The first kappa shape index (κ1) is 55.3. The molecule has 0 heterocycles. The van der Waals surface area contributed by atoms with Crippen LogP contribution in [0.2, 0.25) is 0 Å². The number of esters is 2. The molecule has 0 saturated heterocycles. The summed E-state index contributed by atoms with van der Waals surface area (Å²) in [6.45, 7) is 7.51. The molecule has 0 rings (SSSR count). The van der Waals surface area contributed by atoms with E-state index in [-0.39, 0.29) is 25.2 Å². The molecule has 0 aliphatic carbocycles. The van der Waals surface area contributed by atoms with Crippen LogP contribution in [0.25, 0.3) is 0 Å². The molecule has 0 saturated carbocycles. The molecule has 0 spiro atoms. The van der Waals surface area contributed by atoms with Crippen molar-refractivity contribution >= 4 is 11.9 Å². The van der Waals surface area contributed by atoms with Crippen LogP contribution < -0.4 is 0 Å². The van der Waals surface area contributed by atoms with E-state index in [4.69, 9.17) is 14.2 Å². The smallest absolute Gasteiger partial charge is 0.306 e. The topological polar surface area (TPSA) is 61.8 Å². The van der Waals surface area contributed by atoms with E-state index in [0.717, 1.165) is 83.5 Å².